The highest BCUT2D eigenvalue weighted by Gasteiger charge is 2.32. The smallest absolute Gasteiger partial charge is 0.243 e. The summed E-state index contributed by atoms with van der Waals surface area (Å²) in [6, 6.07) is 5.22. The third-order valence-electron chi connectivity index (χ3n) is 5.54. The molecule has 162 valence electrons. The van der Waals surface area contributed by atoms with Gasteiger partial charge in [0.05, 0.1) is 15.5 Å². The number of nitrogens with zero attached hydrogens (tertiary/aromatic N) is 2. The molecule has 30 heavy (non-hydrogen) atoms. The Morgan fingerprint density at radius 1 is 1.07 bits per heavy atom. The van der Waals surface area contributed by atoms with Crippen LogP contribution in [-0.4, -0.2) is 51.4 Å². The van der Waals surface area contributed by atoms with E-state index in [1.54, 1.807) is 0 Å². The van der Waals surface area contributed by atoms with Gasteiger partial charge in [-0.05, 0) is 56.4 Å². The van der Waals surface area contributed by atoms with Gasteiger partial charge in [0.1, 0.15) is 0 Å². The van der Waals surface area contributed by atoms with Crippen molar-refractivity contribution < 1.29 is 21.6 Å². The lowest BCUT2D eigenvalue weighted by atomic mass is 9.97. The van der Waals surface area contributed by atoms with E-state index < -0.39 is 19.9 Å². The highest BCUT2D eigenvalue weighted by atomic mass is 32.2. The molecule has 1 N–H and O–H groups in total. The molecule has 0 radical (unpaired) electrons. The minimum Gasteiger partial charge on any atom is -0.302 e. The fourth-order valence-corrected chi connectivity index (χ4v) is 6.97. The minimum absolute atomic E-state index is 0.0510. The summed E-state index contributed by atoms with van der Waals surface area (Å²) in [5.41, 5.74) is 1.08. The monoisotopic (exact) mass is 469 g/mol. The van der Waals surface area contributed by atoms with Crippen LogP contribution in [0.4, 0.5) is 5.13 Å². The second-order valence-electron chi connectivity index (χ2n) is 7.65. The van der Waals surface area contributed by atoms with E-state index in [0.717, 1.165) is 31.2 Å². The Labute approximate surface area is 180 Å². The van der Waals surface area contributed by atoms with E-state index >= 15 is 0 Å². The second-order valence-corrected chi connectivity index (χ2v) is 12.7. The number of amides is 1. The molecule has 1 aliphatic heterocycles. The molecule has 0 bridgehead atoms. The molecule has 0 unspecified atom stereocenters. The van der Waals surface area contributed by atoms with Crippen LogP contribution in [0.5, 0.6) is 0 Å². The molecule has 1 saturated heterocycles. The summed E-state index contributed by atoms with van der Waals surface area (Å²) in [4.78, 5) is 18.4. The molecule has 1 amide bonds. The molecule has 4 rings (SSSR count). The number of carbonyl (C=O) groups is 1. The zero-order valence-electron chi connectivity index (χ0n) is 16.5. The standard InChI is InChI=1S/C19H23N3O5S3/c1-29(24,25)14-5-7-15(8-6-14)30(26,27)22-11-9-13(10-12-22)18(23)21-19-20-16-3-2-4-17(16)28-19/h5-8,13H,2-4,9-12H2,1H3,(H,20,21,23). The first-order chi connectivity index (χ1) is 14.1. The maximum Gasteiger partial charge on any atom is 0.243 e. The van der Waals surface area contributed by atoms with Gasteiger partial charge in [-0.3, -0.25) is 4.79 Å². The number of fused-ring (bicyclic) bond motifs is 1. The first-order valence-corrected chi connectivity index (χ1v) is 13.9. The Balaban J connectivity index is 1.37. The molecule has 1 aromatic carbocycles. The van der Waals surface area contributed by atoms with Gasteiger partial charge in [-0.15, -0.1) is 11.3 Å². The van der Waals surface area contributed by atoms with Crippen molar-refractivity contribution in [1.29, 1.82) is 0 Å². The zero-order chi connectivity index (χ0) is 21.5. The largest absolute Gasteiger partial charge is 0.302 e. The van der Waals surface area contributed by atoms with Crippen LogP contribution in [-0.2, 0) is 37.5 Å². The summed E-state index contributed by atoms with van der Waals surface area (Å²) < 4.78 is 50.2. The average Bonchev–Trinajstić information content (AvgIpc) is 3.29. The predicted octanol–water partition coefficient (Wildman–Crippen LogP) is 2.07. The number of benzene rings is 1. The lowest BCUT2D eigenvalue weighted by Gasteiger charge is -2.30. The molecule has 0 atom stereocenters. The third kappa shape index (κ3) is 4.29. The number of hydrogen-bond donors (Lipinski definition) is 1. The number of sulfonamides is 1. The number of hydrogen-bond acceptors (Lipinski definition) is 7. The van der Waals surface area contributed by atoms with Crippen LogP contribution in [0.25, 0.3) is 0 Å². The SMILES string of the molecule is CS(=O)(=O)c1ccc(S(=O)(=O)N2CCC(C(=O)Nc3nc4c(s3)CCC4)CC2)cc1. The fraction of sp³-hybridized carbons (Fsp3) is 0.474. The van der Waals surface area contributed by atoms with Crippen LogP contribution in [0.15, 0.2) is 34.1 Å². The highest BCUT2D eigenvalue weighted by Crippen LogP contribution is 2.31. The lowest BCUT2D eigenvalue weighted by Crippen LogP contribution is -2.41. The first kappa shape index (κ1) is 21.4. The summed E-state index contributed by atoms with van der Waals surface area (Å²) >= 11 is 1.53. The van der Waals surface area contributed by atoms with Gasteiger partial charge >= 0.3 is 0 Å². The van der Waals surface area contributed by atoms with Gasteiger partial charge in [0.25, 0.3) is 0 Å². The summed E-state index contributed by atoms with van der Waals surface area (Å²) in [5, 5.41) is 3.52. The Morgan fingerprint density at radius 3 is 2.30 bits per heavy atom. The van der Waals surface area contributed by atoms with E-state index in [2.05, 4.69) is 10.3 Å². The van der Waals surface area contributed by atoms with Crippen molar-refractivity contribution in [3.63, 3.8) is 0 Å². The quantitative estimate of drug-likeness (QED) is 0.717. The molecule has 0 saturated carbocycles. The molecular weight excluding hydrogens is 446 g/mol. The maximum absolute atomic E-state index is 12.9. The molecule has 1 aliphatic carbocycles. The van der Waals surface area contributed by atoms with Crippen molar-refractivity contribution in [3.8, 4) is 0 Å². The lowest BCUT2D eigenvalue weighted by molar-refractivity contribution is -0.120. The van der Waals surface area contributed by atoms with E-state index in [1.807, 2.05) is 0 Å². The van der Waals surface area contributed by atoms with Gasteiger partial charge in [-0.2, -0.15) is 4.31 Å². The number of thiazole rings is 1. The van der Waals surface area contributed by atoms with E-state index in [-0.39, 0.29) is 34.7 Å². The predicted molar refractivity (Wildman–Crippen MR) is 114 cm³/mol. The average molecular weight is 470 g/mol. The third-order valence-corrected chi connectivity index (χ3v) is 9.65. The topological polar surface area (TPSA) is 114 Å². The zero-order valence-corrected chi connectivity index (χ0v) is 18.9. The number of carbonyl (C=O) groups excluding carboxylic acids is 1. The number of sulfone groups is 1. The Morgan fingerprint density at radius 2 is 1.70 bits per heavy atom. The summed E-state index contributed by atoms with van der Waals surface area (Å²) in [5.74, 6) is -0.375. The highest BCUT2D eigenvalue weighted by molar-refractivity contribution is 7.90. The fourth-order valence-electron chi connectivity index (χ4n) is 3.82. The van der Waals surface area contributed by atoms with Crippen molar-refractivity contribution in [2.45, 2.75) is 41.9 Å². The van der Waals surface area contributed by atoms with Crippen LogP contribution >= 0.6 is 11.3 Å². The van der Waals surface area contributed by atoms with Crippen molar-refractivity contribution in [2.24, 2.45) is 5.92 Å². The van der Waals surface area contributed by atoms with Gasteiger partial charge < -0.3 is 5.32 Å². The number of nitrogens with one attached hydrogen (secondary N) is 1. The summed E-state index contributed by atoms with van der Waals surface area (Å²) in [6.45, 7) is 0.477. The van der Waals surface area contributed by atoms with Crippen LogP contribution in [0.2, 0.25) is 0 Å². The molecular formula is C19H23N3O5S3. The molecule has 8 nitrogen and oxygen atoms in total. The van der Waals surface area contributed by atoms with Gasteiger partial charge in [0, 0.05) is 30.1 Å². The van der Waals surface area contributed by atoms with Crippen molar-refractivity contribution in [2.75, 3.05) is 24.7 Å². The number of aromatic nitrogens is 1. The van der Waals surface area contributed by atoms with Gasteiger partial charge in [-0.1, -0.05) is 0 Å². The molecule has 11 heteroatoms. The molecule has 0 spiro atoms. The van der Waals surface area contributed by atoms with E-state index in [9.17, 15) is 21.6 Å². The molecule has 2 aliphatic rings. The summed E-state index contributed by atoms with van der Waals surface area (Å²) in [7, 11) is -7.12. The van der Waals surface area contributed by atoms with E-state index in [4.69, 9.17) is 0 Å². The normalized spacial score (nSPS) is 18.3. The summed E-state index contributed by atoms with van der Waals surface area (Å²) in [6.07, 6.45) is 5.03. The molecule has 1 aromatic heterocycles. The Kier molecular flexibility index (Phi) is 5.73. The van der Waals surface area contributed by atoms with Crippen LogP contribution < -0.4 is 5.32 Å². The van der Waals surface area contributed by atoms with E-state index in [1.165, 1.54) is 44.8 Å². The maximum atomic E-state index is 12.9. The molecule has 2 aromatic rings. The van der Waals surface area contributed by atoms with Crippen molar-refractivity contribution in [3.05, 3.63) is 34.8 Å². The van der Waals surface area contributed by atoms with E-state index in [0.29, 0.717) is 18.0 Å². The number of anilines is 1. The van der Waals surface area contributed by atoms with Crippen molar-refractivity contribution in [1.82, 2.24) is 9.29 Å². The molecule has 2 heterocycles. The van der Waals surface area contributed by atoms with Gasteiger partial charge in [-0.25, -0.2) is 21.8 Å². The second kappa shape index (κ2) is 8.03. The number of aryl methyl sites for hydroxylation is 2. The van der Waals surface area contributed by atoms with Crippen LogP contribution in [0, 0.1) is 5.92 Å². The number of piperidine rings is 1. The van der Waals surface area contributed by atoms with Crippen LogP contribution in [0.3, 0.4) is 0 Å². The van der Waals surface area contributed by atoms with Crippen LogP contribution in [0.1, 0.15) is 29.8 Å². The Bertz CT molecular complexity index is 1140. The van der Waals surface area contributed by atoms with Gasteiger partial charge in [0.2, 0.25) is 15.9 Å². The first-order valence-electron chi connectivity index (χ1n) is 9.74. The van der Waals surface area contributed by atoms with Crippen molar-refractivity contribution >= 4 is 42.2 Å². The van der Waals surface area contributed by atoms with Gasteiger partial charge in [0.15, 0.2) is 15.0 Å². The number of rotatable bonds is 5. The Hall–Kier alpha value is -1.82. The molecule has 1 fully saturated rings. The minimum atomic E-state index is -3.73.